The number of benzene rings is 1. The fourth-order valence-electron chi connectivity index (χ4n) is 2.78. The first-order valence-electron chi connectivity index (χ1n) is 7.55. The summed E-state index contributed by atoms with van der Waals surface area (Å²) >= 11 is 0. The van der Waals surface area contributed by atoms with Gasteiger partial charge in [-0.05, 0) is 43.5 Å². The predicted molar refractivity (Wildman–Crippen MR) is 82.7 cm³/mol. The molecular weight excluding hydrogens is 284 g/mol. The molecule has 0 spiro atoms. The van der Waals surface area contributed by atoms with E-state index in [9.17, 15) is 8.42 Å². The molecule has 0 radical (unpaired) electrons. The first-order valence-corrected chi connectivity index (χ1v) is 9.21. The van der Waals surface area contributed by atoms with Gasteiger partial charge in [0.1, 0.15) is 0 Å². The molecule has 1 N–H and O–H groups in total. The summed E-state index contributed by atoms with van der Waals surface area (Å²) in [6.07, 6.45) is 6.44. The molecule has 5 heteroatoms. The molecule has 0 saturated heterocycles. The van der Waals surface area contributed by atoms with Gasteiger partial charge in [-0.25, -0.2) is 8.42 Å². The Morgan fingerprint density at radius 1 is 1.24 bits per heavy atom. The van der Waals surface area contributed by atoms with E-state index >= 15 is 0 Å². The quantitative estimate of drug-likeness (QED) is 0.820. The van der Waals surface area contributed by atoms with E-state index in [1.165, 1.54) is 38.2 Å². The Morgan fingerprint density at radius 3 is 2.71 bits per heavy atom. The van der Waals surface area contributed by atoms with Crippen LogP contribution in [-0.2, 0) is 9.84 Å². The highest BCUT2D eigenvalue weighted by atomic mass is 32.2. The van der Waals surface area contributed by atoms with Crippen LogP contribution in [0.5, 0.6) is 0 Å². The molecule has 1 fully saturated rings. The van der Waals surface area contributed by atoms with E-state index in [4.69, 9.17) is 5.26 Å². The molecule has 114 valence electrons. The summed E-state index contributed by atoms with van der Waals surface area (Å²) in [6.45, 7) is 1.38. The monoisotopic (exact) mass is 306 g/mol. The highest BCUT2D eigenvalue weighted by Gasteiger charge is 2.16. The molecule has 1 aromatic rings. The summed E-state index contributed by atoms with van der Waals surface area (Å²) in [5.74, 6) is 0.776. The van der Waals surface area contributed by atoms with Crippen molar-refractivity contribution in [1.82, 2.24) is 5.32 Å². The van der Waals surface area contributed by atoms with Gasteiger partial charge < -0.3 is 5.32 Å². The van der Waals surface area contributed by atoms with Crippen molar-refractivity contribution in [1.29, 1.82) is 5.26 Å². The molecule has 1 saturated carbocycles. The lowest BCUT2D eigenvalue weighted by Crippen LogP contribution is -2.29. The lowest BCUT2D eigenvalue weighted by molar-refractivity contribution is 0.345. The highest BCUT2D eigenvalue weighted by molar-refractivity contribution is 7.91. The lowest BCUT2D eigenvalue weighted by atomic mass is 9.89. The van der Waals surface area contributed by atoms with Gasteiger partial charge in [-0.2, -0.15) is 5.26 Å². The van der Waals surface area contributed by atoms with Crippen molar-refractivity contribution in [2.75, 3.05) is 18.8 Å². The summed E-state index contributed by atoms with van der Waals surface area (Å²) in [5.41, 5.74) is 0.381. The van der Waals surface area contributed by atoms with Crippen LogP contribution < -0.4 is 5.32 Å². The maximum absolute atomic E-state index is 12.2. The molecule has 0 unspecified atom stereocenters. The Hall–Kier alpha value is -1.38. The van der Waals surface area contributed by atoms with Gasteiger partial charge in [-0.3, -0.25) is 0 Å². The van der Waals surface area contributed by atoms with Gasteiger partial charge in [0.15, 0.2) is 9.84 Å². The zero-order chi connectivity index (χ0) is 15.1. The number of hydrogen-bond donors (Lipinski definition) is 1. The molecule has 21 heavy (non-hydrogen) atoms. The Balaban J connectivity index is 1.82. The molecule has 0 aromatic heterocycles. The van der Waals surface area contributed by atoms with E-state index in [-0.39, 0.29) is 10.6 Å². The Bertz CT molecular complexity index is 599. The topological polar surface area (TPSA) is 70.0 Å². The molecule has 1 aliphatic carbocycles. The molecule has 2 rings (SSSR count). The number of hydrogen-bond acceptors (Lipinski definition) is 4. The van der Waals surface area contributed by atoms with Crippen LogP contribution in [0, 0.1) is 17.2 Å². The Kier molecular flexibility index (Phi) is 5.77. The van der Waals surface area contributed by atoms with Crippen molar-refractivity contribution in [3.63, 3.8) is 0 Å². The van der Waals surface area contributed by atoms with Crippen molar-refractivity contribution in [2.45, 2.75) is 37.0 Å². The third kappa shape index (κ3) is 4.83. The summed E-state index contributed by atoms with van der Waals surface area (Å²) < 4.78 is 24.4. The fraction of sp³-hybridized carbons (Fsp3) is 0.562. The SMILES string of the molecule is N#Cc1cccc(S(=O)(=O)CCNCC2CCCCC2)c1. The van der Waals surface area contributed by atoms with Crippen LogP contribution in [0.1, 0.15) is 37.7 Å². The van der Waals surface area contributed by atoms with E-state index < -0.39 is 9.84 Å². The zero-order valence-electron chi connectivity index (χ0n) is 12.2. The van der Waals surface area contributed by atoms with Gasteiger partial charge in [-0.1, -0.05) is 25.3 Å². The van der Waals surface area contributed by atoms with Crippen LogP contribution in [0.4, 0.5) is 0 Å². The summed E-state index contributed by atoms with van der Waals surface area (Å²) in [7, 11) is -3.31. The second kappa shape index (κ2) is 7.58. The Morgan fingerprint density at radius 2 is 2.00 bits per heavy atom. The van der Waals surface area contributed by atoms with E-state index in [1.54, 1.807) is 18.2 Å². The second-order valence-electron chi connectivity index (χ2n) is 5.67. The minimum atomic E-state index is -3.31. The minimum Gasteiger partial charge on any atom is -0.315 e. The van der Waals surface area contributed by atoms with E-state index in [0.29, 0.717) is 18.0 Å². The molecule has 1 aromatic carbocycles. The number of nitriles is 1. The van der Waals surface area contributed by atoms with E-state index in [0.717, 1.165) is 6.54 Å². The van der Waals surface area contributed by atoms with E-state index in [2.05, 4.69) is 5.32 Å². The molecule has 1 aliphatic rings. The van der Waals surface area contributed by atoms with Crippen molar-refractivity contribution in [3.8, 4) is 6.07 Å². The van der Waals surface area contributed by atoms with Crippen LogP contribution in [0.3, 0.4) is 0 Å². The molecule has 0 amide bonds. The molecule has 0 atom stereocenters. The zero-order valence-corrected chi connectivity index (χ0v) is 13.0. The molecule has 0 aliphatic heterocycles. The van der Waals surface area contributed by atoms with Crippen LogP contribution in [0.2, 0.25) is 0 Å². The van der Waals surface area contributed by atoms with Crippen LogP contribution in [0.15, 0.2) is 29.2 Å². The second-order valence-corrected chi connectivity index (χ2v) is 7.78. The maximum Gasteiger partial charge on any atom is 0.179 e. The standard InChI is InChI=1S/C16H22N2O2S/c17-12-15-7-4-8-16(11-15)21(19,20)10-9-18-13-14-5-2-1-3-6-14/h4,7-8,11,14,18H,1-3,5-6,9-10,13H2. The third-order valence-corrected chi connectivity index (χ3v) is 5.74. The van der Waals surface area contributed by atoms with Crippen molar-refractivity contribution in [3.05, 3.63) is 29.8 Å². The van der Waals surface area contributed by atoms with Crippen LogP contribution >= 0.6 is 0 Å². The Labute approximate surface area is 127 Å². The molecular formula is C16H22N2O2S. The maximum atomic E-state index is 12.2. The molecule has 4 nitrogen and oxygen atoms in total. The number of nitrogens with zero attached hydrogens (tertiary/aromatic N) is 1. The number of sulfone groups is 1. The average molecular weight is 306 g/mol. The van der Waals surface area contributed by atoms with Gasteiger partial charge in [-0.15, -0.1) is 0 Å². The first kappa shape index (κ1) is 16.0. The number of nitrogens with one attached hydrogen (secondary N) is 1. The molecule has 0 heterocycles. The van der Waals surface area contributed by atoms with Crippen molar-refractivity contribution >= 4 is 9.84 Å². The first-order chi connectivity index (χ1) is 10.1. The largest absolute Gasteiger partial charge is 0.315 e. The van der Waals surface area contributed by atoms with Crippen molar-refractivity contribution in [2.24, 2.45) is 5.92 Å². The van der Waals surface area contributed by atoms with Gasteiger partial charge >= 0.3 is 0 Å². The summed E-state index contributed by atoms with van der Waals surface area (Å²) in [4.78, 5) is 0.237. The smallest absolute Gasteiger partial charge is 0.179 e. The number of rotatable bonds is 6. The average Bonchev–Trinajstić information content (AvgIpc) is 2.53. The summed E-state index contributed by atoms with van der Waals surface area (Å²) in [6, 6.07) is 8.19. The molecule has 0 bridgehead atoms. The van der Waals surface area contributed by atoms with Crippen LogP contribution in [0.25, 0.3) is 0 Å². The van der Waals surface area contributed by atoms with E-state index in [1.807, 2.05) is 6.07 Å². The van der Waals surface area contributed by atoms with Gasteiger partial charge in [0.25, 0.3) is 0 Å². The summed E-state index contributed by atoms with van der Waals surface area (Å²) in [5, 5.41) is 12.1. The van der Waals surface area contributed by atoms with Gasteiger partial charge in [0.05, 0.1) is 22.3 Å². The fourth-order valence-corrected chi connectivity index (χ4v) is 4.02. The third-order valence-electron chi connectivity index (χ3n) is 4.03. The predicted octanol–water partition coefficient (Wildman–Crippen LogP) is 2.50. The van der Waals surface area contributed by atoms with Crippen molar-refractivity contribution < 1.29 is 8.42 Å². The van der Waals surface area contributed by atoms with Gasteiger partial charge in [0.2, 0.25) is 0 Å². The highest BCUT2D eigenvalue weighted by Crippen LogP contribution is 2.22. The van der Waals surface area contributed by atoms with Crippen LogP contribution in [-0.4, -0.2) is 27.3 Å². The lowest BCUT2D eigenvalue weighted by Gasteiger charge is -2.21. The normalized spacial score (nSPS) is 16.5. The van der Waals surface area contributed by atoms with Gasteiger partial charge in [0, 0.05) is 6.54 Å². The minimum absolute atomic E-state index is 0.0780.